The Morgan fingerprint density at radius 1 is 0.892 bits per heavy atom. The molecule has 0 fully saturated rings. The number of benzene rings is 3. The van der Waals surface area contributed by atoms with Gasteiger partial charge in [-0.25, -0.2) is 13.6 Å². The van der Waals surface area contributed by atoms with E-state index in [9.17, 15) is 31.9 Å². The summed E-state index contributed by atoms with van der Waals surface area (Å²) in [6.45, 7) is 0.0382. The van der Waals surface area contributed by atoms with Gasteiger partial charge in [0.25, 0.3) is 0 Å². The van der Waals surface area contributed by atoms with Crippen molar-refractivity contribution in [3.05, 3.63) is 89.0 Å². The minimum Gasteiger partial charge on any atom is -0.479 e. The minimum atomic E-state index is -1.82. The Morgan fingerprint density at radius 2 is 1.43 bits per heavy atom. The Kier molecular flexibility index (Phi) is 7.56. The Morgan fingerprint density at radius 3 is 1.97 bits per heavy atom. The molecule has 0 radical (unpaired) electrons. The molecule has 3 aromatic carbocycles. The van der Waals surface area contributed by atoms with Crippen LogP contribution < -0.4 is 10.1 Å². The van der Waals surface area contributed by atoms with Gasteiger partial charge < -0.3 is 14.8 Å². The number of Topliss-reactive ketones (excluding diaryl/α,β-unsaturated/α-hetero) is 2. The third-order valence-corrected chi connectivity index (χ3v) is 5.95. The molecule has 10 heteroatoms. The van der Waals surface area contributed by atoms with E-state index in [4.69, 9.17) is 4.74 Å². The lowest BCUT2D eigenvalue weighted by molar-refractivity contribution is -0.126. The highest BCUT2D eigenvalue weighted by Crippen LogP contribution is 2.44. The van der Waals surface area contributed by atoms with Gasteiger partial charge in [-0.05, 0) is 29.2 Å². The SMILES string of the molecule is CC(=O)C[C@@H](NC(=O)OCC1c2ccccc2-c2ccccc21)C(=O)COc1c(F)c(F)cc(F)c1F. The summed E-state index contributed by atoms with van der Waals surface area (Å²) in [5, 5.41) is 2.26. The average molecular weight is 515 g/mol. The number of alkyl carbamates (subject to hydrolysis) is 1. The highest BCUT2D eigenvalue weighted by molar-refractivity contribution is 5.93. The molecule has 1 atom stereocenters. The number of rotatable bonds is 9. The fourth-order valence-electron chi connectivity index (χ4n) is 4.24. The summed E-state index contributed by atoms with van der Waals surface area (Å²) in [6.07, 6.45) is -1.47. The van der Waals surface area contributed by atoms with E-state index in [1.54, 1.807) is 0 Å². The van der Waals surface area contributed by atoms with Crippen LogP contribution in [0.5, 0.6) is 5.75 Å². The number of halogens is 4. The van der Waals surface area contributed by atoms with E-state index in [2.05, 4.69) is 10.1 Å². The van der Waals surface area contributed by atoms with Crippen LogP contribution in [0.25, 0.3) is 11.1 Å². The van der Waals surface area contributed by atoms with Crippen LogP contribution in [0.3, 0.4) is 0 Å². The van der Waals surface area contributed by atoms with Crippen molar-refractivity contribution in [3.8, 4) is 16.9 Å². The zero-order chi connectivity index (χ0) is 26.7. The quantitative estimate of drug-likeness (QED) is 0.318. The molecule has 1 aliphatic carbocycles. The molecule has 0 aliphatic heterocycles. The second-order valence-electron chi connectivity index (χ2n) is 8.48. The first-order valence-electron chi connectivity index (χ1n) is 11.3. The molecule has 6 nitrogen and oxygen atoms in total. The van der Waals surface area contributed by atoms with E-state index in [1.165, 1.54) is 6.92 Å². The molecule has 37 heavy (non-hydrogen) atoms. The number of hydrogen-bond acceptors (Lipinski definition) is 5. The smallest absolute Gasteiger partial charge is 0.407 e. The third kappa shape index (κ3) is 5.47. The van der Waals surface area contributed by atoms with Crippen molar-refractivity contribution in [3.63, 3.8) is 0 Å². The Hall–Kier alpha value is -4.21. The zero-order valence-corrected chi connectivity index (χ0v) is 19.5. The molecular weight excluding hydrogens is 494 g/mol. The van der Waals surface area contributed by atoms with Crippen molar-refractivity contribution in [1.29, 1.82) is 0 Å². The number of hydrogen-bond donors (Lipinski definition) is 1. The fourth-order valence-corrected chi connectivity index (χ4v) is 4.24. The fraction of sp³-hybridized carbons (Fsp3) is 0.222. The van der Waals surface area contributed by atoms with Crippen LogP contribution in [0.1, 0.15) is 30.4 Å². The van der Waals surface area contributed by atoms with Crippen LogP contribution in [-0.4, -0.2) is 36.9 Å². The van der Waals surface area contributed by atoms with Gasteiger partial charge in [-0.3, -0.25) is 9.59 Å². The van der Waals surface area contributed by atoms with E-state index in [-0.39, 0.29) is 18.6 Å². The average Bonchev–Trinajstić information content (AvgIpc) is 3.19. The molecule has 0 aromatic heterocycles. The van der Waals surface area contributed by atoms with Gasteiger partial charge in [-0.1, -0.05) is 48.5 Å². The molecule has 0 bridgehead atoms. The molecule has 192 valence electrons. The first kappa shape index (κ1) is 25.9. The molecule has 0 saturated heterocycles. The molecular formula is C27H21F4NO5. The largest absolute Gasteiger partial charge is 0.479 e. The number of nitrogens with one attached hydrogen (secondary N) is 1. The number of carbonyl (C=O) groups excluding carboxylic acids is 3. The lowest BCUT2D eigenvalue weighted by atomic mass is 9.98. The van der Waals surface area contributed by atoms with Gasteiger partial charge in [0.05, 0.1) is 0 Å². The van der Waals surface area contributed by atoms with Gasteiger partial charge in [0, 0.05) is 18.4 Å². The van der Waals surface area contributed by atoms with Gasteiger partial charge in [0.15, 0.2) is 23.2 Å². The van der Waals surface area contributed by atoms with Crippen molar-refractivity contribution >= 4 is 17.7 Å². The van der Waals surface area contributed by atoms with Crippen LogP contribution in [0.4, 0.5) is 22.4 Å². The molecule has 1 aliphatic rings. The first-order valence-corrected chi connectivity index (χ1v) is 11.3. The van der Waals surface area contributed by atoms with Crippen molar-refractivity contribution in [2.24, 2.45) is 0 Å². The van der Waals surface area contributed by atoms with Crippen LogP contribution >= 0.6 is 0 Å². The summed E-state index contributed by atoms with van der Waals surface area (Å²) in [5.41, 5.74) is 3.96. The van der Waals surface area contributed by atoms with Crippen molar-refractivity contribution < 1.29 is 41.4 Å². The Bertz CT molecular complexity index is 1310. The molecule has 0 spiro atoms. The molecule has 1 amide bonds. The van der Waals surface area contributed by atoms with E-state index >= 15 is 0 Å². The second kappa shape index (κ2) is 10.8. The number of ketones is 2. The normalized spacial score (nSPS) is 12.9. The van der Waals surface area contributed by atoms with Crippen LogP contribution in [-0.2, 0) is 14.3 Å². The number of fused-ring (bicyclic) bond motifs is 3. The van der Waals surface area contributed by atoms with E-state index in [0.29, 0.717) is 0 Å². The molecule has 1 N–H and O–H groups in total. The predicted octanol–water partition coefficient (Wildman–Crippen LogP) is 5.08. The van der Waals surface area contributed by atoms with E-state index in [1.807, 2.05) is 48.5 Å². The van der Waals surface area contributed by atoms with Gasteiger partial charge in [-0.2, -0.15) is 8.78 Å². The van der Waals surface area contributed by atoms with E-state index in [0.717, 1.165) is 22.3 Å². The predicted molar refractivity (Wildman–Crippen MR) is 124 cm³/mol. The zero-order valence-electron chi connectivity index (χ0n) is 19.5. The Balaban J connectivity index is 1.42. The summed E-state index contributed by atoms with van der Waals surface area (Å²) in [4.78, 5) is 36.8. The summed E-state index contributed by atoms with van der Waals surface area (Å²) in [7, 11) is 0. The van der Waals surface area contributed by atoms with Crippen LogP contribution in [0.15, 0.2) is 54.6 Å². The summed E-state index contributed by atoms with van der Waals surface area (Å²) in [6, 6.07) is 13.9. The van der Waals surface area contributed by atoms with Gasteiger partial charge >= 0.3 is 6.09 Å². The minimum absolute atomic E-state index is 0.00337. The monoisotopic (exact) mass is 515 g/mol. The standard InChI is InChI=1S/C27H21F4NO5/c1-14(33)10-22(23(34)13-36-26-24(30)20(28)11-21(29)25(26)31)32-27(35)37-12-19-17-8-4-2-6-15(17)16-7-3-5-9-18(16)19/h2-9,11,19,22H,10,12-13H2,1H3,(H,32,35)/t22-/m1/s1. The molecule has 4 rings (SSSR count). The maximum atomic E-state index is 13.8. The van der Waals surface area contributed by atoms with Crippen molar-refractivity contribution in [2.45, 2.75) is 25.3 Å². The maximum absolute atomic E-state index is 13.8. The number of amides is 1. The third-order valence-electron chi connectivity index (χ3n) is 5.95. The van der Waals surface area contributed by atoms with Crippen molar-refractivity contribution in [1.82, 2.24) is 5.32 Å². The van der Waals surface area contributed by atoms with Gasteiger partial charge in [0.1, 0.15) is 25.0 Å². The number of carbonyl (C=O) groups is 3. The molecule has 0 heterocycles. The number of ether oxygens (including phenoxy) is 2. The maximum Gasteiger partial charge on any atom is 0.407 e. The topological polar surface area (TPSA) is 81.7 Å². The highest BCUT2D eigenvalue weighted by Gasteiger charge is 2.30. The van der Waals surface area contributed by atoms with Crippen LogP contribution in [0, 0.1) is 23.3 Å². The van der Waals surface area contributed by atoms with Crippen LogP contribution in [0.2, 0.25) is 0 Å². The van der Waals surface area contributed by atoms with E-state index < -0.39 is 65.7 Å². The van der Waals surface area contributed by atoms with Crippen molar-refractivity contribution in [2.75, 3.05) is 13.2 Å². The molecule has 0 saturated carbocycles. The van der Waals surface area contributed by atoms with Gasteiger partial charge in [-0.15, -0.1) is 0 Å². The Labute approximate surface area is 209 Å². The van der Waals surface area contributed by atoms with Gasteiger partial charge in [0.2, 0.25) is 11.6 Å². The second-order valence-corrected chi connectivity index (χ2v) is 8.48. The highest BCUT2D eigenvalue weighted by atomic mass is 19.2. The lowest BCUT2D eigenvalue weighted by Gasteiger charge is -2.19. The summed E-state index contributed by atoms with van der Waals surface area (Å²) >= 11 is 0. The molecule has 3 aromatic rings. The molecule has 0 unspecified atom stereocenters. The first-order chi connectivity index (χ1) is 17.7. The summed E-state index contributed by atoms with van der Waals surface area (Å²) < 4.78 is 64.4. The lowest BCUT2D eigenvalue weighted by Crippen LogP contribution is -2.44. The summed E-state index contributed by atoms with van der Waals surface area (Å²) in [5.74, 6) is -10.2.